The zero-order chi connectivity index (χ0) is 18.5. The van der Waals surface area contributed by atoms with Crippen molar-refractivity contribution < 1.29 is 4.79 Å². The highest BCUT2D eigenvalue weighted by Gasteiger charge is 2.21. The number of hydrogen-bond acceptors (Lipinski definition) is 4. The molecule has 1 fully saturated rings. The monoisotopic (exact) mass is 375 g/mol. The number of amides is 1. The van der Waals surface area contributed by atoms with Crippen LogP contribution >= 0.6 is 11.6 Å². The lowest BCUT2D eigenvalue weighted by Gasteiger charge is -2.29. The fourth-order valence-corrected chi connectivity index (χ4v) is 3.61. The number of hydrogen-bond donors (Lipinski definition) is 1. The van der Waals surface area contributed by atoms with Crippen LogP contribution in [0.1, 0.15) is 61.8 Å². The summed E-state index contributed by atoms with van der Waals surface area (Å²) in [7, 11) is 0. The van der Waals surface area contributed by atoms with Crippen LogP contribution in [-0.2, 0) is 6.54 Å². The van der Waals surface area contributed by atoms with Crippen molar-refractivity contribution in [1.82, 2.24) is 20.1 Å². The number of piperidine rings is 1. The molecule has 3 rings (SSSR count). The van der Waals surface area contributed by atoms with Gasteiger partial charge < -0.3 is 10.2 Å². The van der Waals surface area contributed by atoms with Crippen LogP contribution in [0.5, 0.6) is 0 Å². The number of rotatable bonds is 6. The third kappa shape index (κ3) is 4.01. The Morgan fingerprint density at radius 1 is 1.27 bits per heavy atom. The summed E-state index contributed by atoms with van der Waals surface area (Å²) >= 11 is 6.33. The molecule has 1 N–H and O–H groups in total. The van der Waals surface area contributed by atoms with E-state index in [-0.39, 0.29) is 11.9 Å². The maximum Gasteiger partial charge on any atom is 0.253 e. The minimum absolute atomic E-state index is 0.175. The smallest absolute Gasteiger partial charge is 0.253 e. The molecule has 1 aliphatic heterocycles. The van der Waals surface area contributed by atoms with Gasteiger partial charge in [0.15, 0.2) is 0 Å². The number of carbonyl (C=O) groups is 1. The molecule has 1 aromatic heterocycles. The predicted molar refractivity (Wildman–Crippen MR) is 104 cm³/mol. The van der Waals surface area contributed by atoms with Gasteiger partial charge in [-0.2, -0.15) is 5.10 Å². The molecule has 26 heavy (non-hydrogen) atoms. The van der Waals surface area contributed by atoms with E-state index in [0.29, 0.717) is 17.1 Å². The molecule has 1 aromatic carbocycles. The fraction of sp³-hybridized carbons (Fsp3) is 0.526. The van der Waals surface area contributed by atoms with Gasteiger partial charge in [-0.15, -0.1) is 0 Å². The molecular formula is C19H26ClN5O. The molecule has 0 spiro atoms. The number of aromatic nitrogens is 3. The molecule has 0 aliphatic carbocycles. The summed E-state index contributed by atoms with van der Waals surface area (Å²) in [6, 6.07) is 5.52. The topological polar surface area (TPSA) is 63.1 Å². The first-order valence-electron chi connectivity index (χ1n) is 9.37. The maximum absolute atomic E-state index is 12.9. The van der Waals surface area contributed by atoms with Crippen molar-refractivity contribution in [3.63, 3.8) is 0 Å². The Hall–Kier alpha value is -2.08. The molecule has 2 heterocycles. The molecule has 1 atom stereocenters. The average molecular weight is 376 g/mol. The van der Waals surface area contributed by atoms with Gasteiger partial charge in [-0.1, -0.05) is 18.5 Å². The minimum atomic E-state index is -0.195. The van der Waals surface area contributed by atoms with Crippen molar-refractivity contribution in [3.05, 3.63) is 40.9 Å². The van der Waals surface area contributed by atoms with Crippen molar-refractivity contribution in [2.75, 3.05) is 18.0 Å². The highest BCUT2D eigenvalue weighted by Crippen LogP contribution is 2.26. The second-order valence-electron chi connectivity index (χ2n) is 6.58. The van der Waals surface area contributed by atoms with Crippen molar-refractivity contribution in [2.45, 2.75) is 52.1 Å². The second-order valence-corrected chi connectivity index (χ2v) is 6.99. The Balaban J connectivity index is 1.80. The van der Waals surface area contributed by atoms with E-state index in [2.05, 4.69) is 20.3 Å². The molecule has 140 valence electrons. The molecule has 2 aromatic rings. The van der Waals surface area contributed by atoms with Crippen LogP contribution in [0.15, 0.2) is 24.5 Å². The molecule has 0 bridgehead atoms. The minimum Gasteiger partial charge on any atom is -0.372 e. The number of anilines is 1. The summed E-state index contributed by atoms with van der Waals surface area (Å²) in [5, 5.41) is 7.73. The first-order chi connectivity index (χ1) is 12.6. The van der Waals surface area contributed by atoms with Gasteiger partial charge in [0, 0.05) is 25.3 Å². The van der Waals surface area contributed by atoms with Gasteiger partial charge in [-0.05, 0) is 50.8 Å². The summed E-state index contributed by atoms with van der Waals surface area (Å²) in [6.07, 6.45) is 5.91. The quantitative estimate of drug-likeness (QED) is 0.833. The largest absolute Gasteiger partial charge is 0.372 e. The average Bonchev–Trinajstić information content (AvgIpc) is 3.15. The molecule has 6 nitrogen and oxygen atoms in total. The third-order valence-electron chi connectivity index (χ3n) is 4.89. The lowest BCUT2D eigenvalue weighted by molar-refractivity contribution is 0.0933. The van der Waals surface area contributed by atoms with Gasteiger partial charge in [-0.3, -0.25) is 4.79 Å². The predicted octanol–water partition coefficient (Wildman–Crippen LogP) is 3.82. The Labute approximate surface area is 159 Å². The number of benzene rings is 1. The third-order valence-corrected chi connectivity index (χ3v) is 5.22. The van der Waals surface area contributed by atoms with Crippen LogP contribution in [0, 0.1) is 0 Å². The fourth-order valence-electron chi connectivity index (χ4n) is 3.41. The van der Waals surface area contributed by atoms with Crippen molar-refractivity contribution >= 4 is 23.2 Å². The lowest BCUT2D eigenvalue weighted by Crippen LogP contribution is -2.32. The van der Waals surface area contributed by atoms with E-state index in [9.17, 15) is 4.79 Å². The maximum atomic E-state index is 12.9. The van der Waals surface area contributed by atoms with Gasteiger partial charge in [0.05, 0.1) is 16.6 Å². The number of halogens is 1. The van der Waals surface area contributed by atoms with Gasteiger partial charge in [0.1, 0.15) is 12.2 Å². The Kier molecular flexibility index (Phi) is 6.14. The van der Waals surface area contributed by atoms with Crippen LogP contribution < -0.4 is 10.2 Å². The molecular weight excluding hydrogens is 350 g/mol. The molecule has 0 unspecified atom stereocenters. The summed E-state index contributed by atoms with van der Waals surface area (Å²) < 4.78 is 1.81. The SMILES string of the molecule is CC[C@@H](NC(=O)c1cc(N2CCCCC2)ccc1Cl)c1ncnn1CC. The number of nitrogens with zero attached hydrogens (tertiary/aromatic N) is 4. The summed E-state index contributed by atoms with van der Waals surface area (Å²) in [4.78, 5) is 19.5. The molecule has 0 radical (unpaired) electrons. The molecule has 1 aliphatic rings. The second kappa shape index (κ2) is 8.54. The normalized spacial score (nSPS) is 15.7. The lowest BCUT2D eigenvalue weighted by atomic mass is 10.1. The Morgan fingerprint density at radius 2 is 2.04 bits per heavy atom. The van der Waals surface area contributed by atoms with Gasteiger partial charge >= 0.3 is 0 Å². The van der Waals surface area contributed by atoms with Crippen molar-refractivity contribution in [3.8, 4) is 0 Å². The summed E-state index contributed by atoms with van der Waals surface area (Å²) in [5.74, 6) is 0.595. The van der Waals surface area contributed by atoms with Crippen LogP contribution in [0.3, 0.4) is 0 Å². The molecule has 7 heteroatoms. The number of aryl methyl sites for hydroxylation is 1. The Morgan fingerprint density at radius 3 is 2.73 bits per heavy atom. The highest BCUT2D eigenvalue weighted by atomic mass is 35.5. The Bertz CT molecular complexity index is 754. The zero-order valence-corrected chi connectivity index (χ0v) is 16.2. The molecule has 1 saturated heterocycles. The van der Waals surface area contributed by atoms with Gasteiger partial charge in [-0.25, -0.2) is 9.67 Å². The van der Waals surface area contributed by atoms with Crippen LogP contribution in [-0.4, -0.2) is 33.8 Å². The zero-order valence-electron chi connectivity index (χ0n) is 15.4. The van der Waals surface area contributed by atoms with E-state index in [4.69, 9.17) is 11.6 Å². The van der Waals surface area contributed by atoms with Gasteiger partial charge in [0.2, 0.25) is 0 Å². The number of nitrogens with one attached hydrogen (secondary N) is 1. The van der Waals surface area contributed by atoms with E-state index in [0.717, 1.165) is 31.0 Å². The van der Waals surface area contributed by atoms with E-state index in [1.807, 2.05) is 32.0 Å². The van der Waals surface area contributed by atoms with E-state index in [1.54, 1.807) is 4.68 Å². The van der Waals surface area contributed by atoms with E-state index in [1.165, 1.54) is 25.6 Å². The van der Waals surface area contributed by atoms with Gasteiger partial charge in [0.25, 0.3) is 5.91 Å². The van der Waals surface area contributed by atoms with Crippen molar-refractivity contribution in [1.29, 1.82) is 0 Å². The van der Waals surface area contributed by atoms with E-state index >= 15 is 0 Å². The summed E-state index contributed by atoms with van der Waals surface area (Å²) in [6.45, 7) is 6.80. The number of carbonyl (C=O) groups excluding carboxylic acids is 1. The summed E-state index contributed by atoms with van der Waals surface area (Å²) in [5.41, 5.74) is 1.57. The van der Waals surface area contributed by atoms with Crippen LogP contribution in [0.4, 0.5) is 5.69 Å². The molecule has 0 saturated carbocycles. The molecule has 1 amide bonds. The van der Waals surface area contributed by atoms with Crippen LogP contribution in [0.2, 0.25) is 5.02 Å². The first kappa shape index (κ1) is 18.7. The first-order valence-corrected chi connectivity index (χ1v) is 9.74. The van der Waals surface area contributed by atoms with E-state index < -0.39 is 0 Å². The van der Waals surface area contributed by atoms with Crippen molar-refractivity contribution in [2.24, 2.45) is 0 Å². The standard InChI is InChI=1S/C19H26ClN5O/c1-3-17(18-21-13-22-25(18)4-2)23-19(26)15-12-14(8-9-16(15)20)24-10-6-5-7-11-24/h8-9,12-13,17H,3-7,10-11H2,1-2H3,(H,23,26)/t17-/m1/s1. The van der Waals surface area contributed by atoms with Crippen LogP contribution in [0.25, 0.3) is 0 Å². The highest BCUT2D eigenvalue weighted by molar-refractivity contribution is 6.34.